The number of methoxy groups -OCH3 is 1. The highest BCUT2D eigenvalue weighted by molar-refractivity contribution is 9.28. The number of hydrogen-bond acceptors (Lipinski definition) is 4. The Labute approximate surface area is 149 Å². The summed E-state index contributed by atoms with van der Waals surface area (Å²) in [5.41, 5.74) is 0. The molecule has 126 valence electrons. The number of hydrogen-bond donors (Lipinski definition) is 0. The van der Waals surface area contributed by atoms with E-state index in [0.29, 0.717) is 0 Å². The number of ketones is 1. The van der Waals surface area contributed by atoms with E-state index in [1.165, 1.54) is 7.11 Å². The standard InChI is InChI=1S/C16H25Br2NO3/c1-9(8-19(3)4)10(2)14(16(21)22-5)15(20)12-6-11(12)7-13(17)18/h7,9-12,14H,6,8H2,1-5H3. The lowest BCUT2D eigenvalue weighted by atomic mass is 9.79. The van der Waals surface area contributed by atoms with Gasteiger partial charge in [0, 0.05) is 12.5 Å². The van der Waals surface area contributed by atoms with E-state index in [1.54, 1.807) is 0 Å². The Hall–Kier alpha value is -0.200. The van der Waals surface area contributed by atoms with Gasteiger partial charge in [0.2, 0.25) is 0 Å². The molecule has 0 aromatic rings. The molecule has 0 bridgehead atoms. The number of nitrogens with zero attached hydrogens (tertiary/aromatic N) is 1. The monoisotopic (exact) mass is 437 g/mol. The van der Waals surface area contributed by atoms with E-state index in [4.69, 9.17) is 4.74 Å². The maximum absolute atomic E-state index is 12.8. The van der Waals surface area contributed by atoms with Crippen LogP contribution in [0.1, 0.15) is 20.3 Å². The summed E-state index contributed by atoms with van der Waals surface area (Å²) in [7, 11) is 5.34. The van der Waals surface area contributed by atoms with Crippen molar-refractivity contribution in [3.05, 3.63) is 9.47 Å². The molecule has 0 saturated heterocycles. The maximum Gasteiger partial charge on any atom is 0.316 e. The van der Waals surface area contributed by atoms with Gasteiger partial charge >= 0.3 is 5.97 Å². The van der Waals surface area contributed by atoms with Crippen molar-refractivity contribution in [1.29, 1.82) is 0 Å². The van der Waals surface area contributed by atoms with Crippen molar-refractivity contribution in [3.8, 4) is 0 Å². The Kier molecular flexibility index (Phi) is 7.75. The van der Waals surface area contributed by atoms with Crippen LogP contribution in [0.5, 0.6) is 0 Å². The number of rotatable bonds is 8. The smallest absolute Gasteiger partial charge is 0.316 e. The van der Waals surface area contributed by atoms with Gasteiger partial charge in [-0.25, -0.2) is 0 Å². The van der Waals surface area contributed by atoms with Crippen LogP contribution < -0.4 is 0 Å². The number of allylic oxidation sites excluding steroid dienone is 1. The molecule has 0 aromatic heterocycles. The minimum Gasteiger partial charge on any atom is -0.468 e. The SMILES string of the molecule is COC(=O)C(C(=O)C1CC1C=C(Br)Br)C(C)C(C)CN(C)C. The fraction of sp³-hybridized carbons (Fsp3) is 0.750. The second-order valence-electron chi connectivity index (χ2n) is 6.46. The molecule has 1 fully saturated rings. The lowest BCUT2D eigenvalue weighted by Crippen LogP contribution is -2.38. The zero-order chi connectivity index (χ0) is 17.0. The molecule has 0 aromatic carbocycles. The number of Topliss-reactive ketones (excluding diaryl/α,β-unsaturated/α-hetero) is 1. The molecular weight excluding hydrogens is 414 g/mol. The third-order valence-corrected chi connectivity index (χ3v) is 4.91. The molecule has 0 amide bonds. The first kappa shape index (κ1) is 19.8. The average molecular weight is 439 g/mol. The van der Waals surface area contributed by atoms with Crippen LogP contribution in [0.25, 0.3) is 0 Å². The van der Waals surface area contributed by atoms with Gasteiger partial charge in [0.1, 0.15) is 5.92 Å². The van der Waals surface area contributed by atoms with Crippen molar-refractivity contribution in [2.75, 3.05) is 27.7 Å². The van der Waals surface area contributed by atoms with Crippen LogP contribution in [-0.4, -0.2) is 44.4 Å². The molecule has 0 heterocycles. The topological polar surface area (TPSA) is 46.6 Å². The average Bonchev–Trinajstić information content (AvgIpc) is 3.15. The van der Waals surface area contributed by atoms with Gasteiger partial charge in [-0.15, -0.1) is 0 Å². The first-order valence-corrected chi connectivity index (χ1v) is 9.06. The van der Waals surface area contributed by atoms with Crippen LogP contribution >= 0.6 is 31.9 Å². The van der Waals surface area contributed by atoms with Gasteiger partial charge in [-0.3, -0.25) is 9.59 Å². The van der Waals surface area contributed by atoms with Crippen LogP contribution in [0.15, 0.2) is 9.47 Å². The van der Waals surface area contributed by atoms with Gasteiger partial charge in [0.05, 0.1) is 10.5 Å². The first-order valence-electron chi connectivity index (χ1n) is 7.48. The Morgan fingerprint density at radius 2 is 1.91 bits per heavy atom. The van der Waals surface area contributed by atoms with E-state index < -0.39 is 11.9 Å². The van der Waals surface area contributed by atoms with E-state index in [2.05, 4.69) is 43.7 Å². The highest BCUT2D eigenvalue weighted by Gasteiger charge is 2.48. The number of ether oxygens (including phenoxy) is 1. The van der Waals surface area contributed by atoms with E-state index in [9.17, 15) is 9.59 Å². The molecule has 1 aliphatic carbocycles. The Bertz CT molecular complexity index is 447. The Morgan fingerprint density at radius 3 is 2.36 bits per heavy atom. The predicted molar refractivity (Wildman–Crippen MR) is 94.9 cm³/mol. The maximum atomic E-state index is 12.8. The molecule has 0 radical (unpaired) electrons. The molecule has 0 N–H and O–H groups in total. The van der Waals surface area contributed by atoms with E-state index >= 15 is 0 Å². The van der Waals surface area contributed by atoms with Crippen LogP contribution in [0.4, 0.5) is 0 Å². The van der Waals surface area contributed by atoms with Crippen LogP contribution in [0.2, 0.25) is 0 Å². The molecule has 22 heavy (non-hydrogen) atoms. The normalized spacial score (nSPS) is 24.4. The minimum atomic E-state index is -0.669. The Balaban J connectivity index is 2.83. The summed E-state index contributed by atoms with van der Waals surface area (Å²) in [4.78, 5) is 27.0. The molecule has 1 rings (SSSR count). The summed E-state index contributed by atoms with van der Waals surface area (Å²) in [6, 6.07) is 0. The molecular formula is C16H25Br2NO3. The lowest BCUT2D eigenvalue weighted by Gasteiger charge is -2.28. The van der Waals surface area contributed by atoms with Crippen molar-refractivity contribution in [1.82, 2.24) is 4.90 Å². The van der Waals surface area contributed by atoms with Gasteiger partial charge < -0.3 is 9.64 Å². The van der Waals surface area contributed by atoms with E-state index in [0.717, 1.165) is 16.4 Å². The number of carbonyl (C=O) groups is 2. The van der Waals surface area contributed by atoms with Crippen LogP contribution in [0, 0.1) is 29.6 Å². The van der Waals surface area contributed by atoms with Gasteiger partial charge in [-0.2, -0.15) is 0 Å². The van der Waals surface area contributed by atoms with Crippen molar-refractivity contribution < 1.29 is 14.3 Å². The van der Waals surface area contributed by atoms with Gasteiger partial charge in [0.25, 0.3) is 0 Å². The molecule has 5 atom stereocenters. The molecule has 0 spiro atoms. The van der Waals surface area contributed by atoms with Crippen molar-refractivity contribution in [2.45, 2.75) is 20.3 Å². The third-order valence-electron chi connectivity index (χ3n) is 4.38. The van der Waals surface area contributed by atoms with Gasteiger partial charge in [-0.05, 0) is 70.1 Å². The predicted octanol–water partition coefficient (Wildman–Crippen LogP) is 3.45. The summed E-state index contributed by atoms with van der Waals surface area (Å²) in [6.45, 7) is 4.89. The van der Waals surface area contributed by atoms with Crippen molar-refractivity contribution in [2.24, 2.45) is 29.6 Å². The van der Waals surface area contributed by atoms with E-state index in [-0.39, 0.29) is 29.5 Å². The number of halogens is 2. The number of carbonyl (C=O) groups excluding carboxylic acids is 2. The molecule has 0 aliphatic heterocycles. The summed E-state index contributed by atoms with van der Waals surface area (Å²) in [5, 5.41) is 0. The minimum absolute atomic E-state index is 0.0208. The molecule has 1 saturated carbocycles. The van der Waals surface area contributed by atoms with Crippen molar-refractivity contribution >= 4 is 43.6 Å². The molecule has 5 unspecified atom stereocenters. The highest BCUT2D eigenvalue weighted by atomic mass is 79.9. The van der Waals surface area contributed by atoms with Crippen LogP contribution in [-0.2, 0) is 14.3 Å². The van der Waals surface area contributed by atoms with Gasteiger partial charge in [0.15, 0.2) is 5.78 Å². The second kappa shape index (κ2) is 8.60. The quantitative estimate of drug-likeness (QED) is 0.430. The summed E-state index contributed by atoms with van der Waals surface area (Å²) in [6.07, 6.45) is 2.78. The number of esters is 1. The summed E-state index contributed by atoms with van der Waals surface area (Å²) < 4.78 is 5.75. The highest BCUT2D eigenvalue weighted by Crippen LogP contribution is 2.45. The molecule has 6 heteroatoms. The Morgan fingerprint density at radius 1 is 1.32 bits per heavy atom. The fourth-order valence-corrected chi connectivity index (χ4v) is 3.59. The van der Waals surface area contributed by atoms with Gasteiger partial charge in [-0.1, -0.05) is 19.9 Å². The summed E-state index contributed by atoms with van der Waals surface area (Å²) in [5.74, 6) is -0.716. The lowest BCUT2D eigenvalue weighted by molar-refractivity contribution is -0.153. The second-order valence-corrected chi connectivity index (χ2v) is 9.24. The summed E-state index contributed by atoms with van der Waals surface area (Å²) >= 11 is 6.64. The van der Waals surface area contributed by atoms with Crippen molar-refractivity contribution in [3.63, 3.8) is 0 Å². The first-order chi connectivity index (χ1) is 10.2. The third kappa shape index (κ3) is 5.46. The van der Waals surface area contributed by atoms with Crippen LogP contribution in [0.3, 0.4) is 0 Å². The fourth-order valence-electron chi connectivity index (χ4n) is 2.91. The zero-order valence-corrected chi connectivity index (χ0v) is 17.0. The largest absolute Gasteiger partial charge is 0.468 e. The molecule has 4 nitrogen and oxygen atoms in total. The van der Waals surface area contributed by atoms with E-state index in [1.807, 2.05) is 27.1 Å². The molecule has 1 aliphatic rings. The zero-order valence-electron chi connectivity index (χ0n) is 13.8.